The number of Topliss-reactive ketones (excluding diaryl/α,β-unsaturated/α-hetero) is 1. The highest BCUT2D eigenvalue weighted by molar-refractivity contribution is 5.98. The number of likely N-dealkylation sites (tertiary alicyclic amines) is 1. The molecule has 1 heterocycles. The van der Waals surface area contributed by atoms with Crippen molar-refractivity contribution in [2.24, 2.45) is 29.6 Å². The summed E-state index contributed by atoms with van der Waals surface area (Å²) in [6.45, 7) is 14.5. The van der Waals surface area contributed by atoms with Crippen molar-refractivity contribution in [1.82, 2.24) is 15.1 Å². The van der Waals surface area contributed by atoms with E-state index in [4.69, 9.17) is 9.47 Å². The van der Waals surface area contributed by atoms with E-state index in [0.29, 0.717) is 30.9 Å². The molecule has 2 N–H and O–H groups in total. The third kappa shape index (κ3) is 12.5. The average Bonchev–Trinajstić information content (AvgIpc) is 3.66. The standard InChI is InChI=1S/C45H67N3O8/c1-11-30(6)41(47(8)44(52)35(29(4)5)26-38(49)34-21-19-33(20-22-34)24-28(2)3)39(55-9)27-40(50)48-23-15-18-37(48)42(56-10)31(7)43(51)46-36(45(53)54)25-32-16-13-12-14-17-32/h12-14,16-17,19-22,28-31,35-37,39,41-42H,11,15,18,23-27H2,1-10H3,(H,46,51)(H,53,54)/t30-,31+,35-,36-,37-,39+,41-,42+/m0/s1. The van der Waals surface area contributed by atoms with Crippen molar-refractivity contribution in [1.29, 1.82) is 0 Å². The fraction of sp³-hybridized carbons (Fsp3) is 0.622. The number of nitrogens with zero attached hydrogens (tertiary/aromatic N) is 2. The Hall–Kier alpha value is -4.09. The summed E-state index contributed by atoms with van der Waals surface area (Å²) in [5.41, 5.74) is 2.55. The molecule has 0 aliphatic carbocycles. The number of likely N-dealkylation sites (N-methyl/N-ethyl adjacent to an activating group) is 1. The van der Waals surface area contributed by atoms with E-state index in [1.54, 1.807) is 30.9 Å². The van der Waals surface area contributed by atoms with Gasteiger partial charge in [-0.25, -0.2) is 4.79 Å². The molecule has 0 bridgehead atoms. The molecule has 0 saturated carbocycles. The molecule has 11 nitrogen and oxygen atoms in total. The number of carboxylic acids is 1. The number of carbonyl (C=O) groups is 5. The van der Waals surface area contributed by atoms with E-state index >= 15 is 0 Å². The summed E-state index contributed by atoms with van der Waals surface area (Å²) in [5, 5.41) is 12.6. The number of benzene rings is 2. The monoisotopic (exact) mass is 777 g/mol. The molecule has 8 atom stereocenters. The summed E-state index contributed by atoms with van der Waals surface area (Å²) in [7, 11) is 4.81. The number of ketones is 1. The molecule has 1 aliphatic rings. The van der Waals surface area contributed by atoms with Gasteiger partial charge in [0.25, 0.3) is 0 Å². The molecule has 0 unspecified atom stereocenters. The Labute approximate surface area is 334 Å². The van der Waals surface area contributed by atoms with Gasteiger partial charge >= 0.3 is 5.97 Å². The van der Waals surface area contributed by atoms with E-state index in [1.165, 1.54) is 12.7 Å². The molecule has 3 rings (SSSR count). The lowest BCUT2D eigenvalue weighted by molar-refractivity contribution is -0.148. The number of methoxy groups -OCH3 is 2. The highest BCUT2D eigenvalue weighted by Gasteiger charge is 2.43. The van der Waals surface area contributed by atoms with Crippen molar-refractivity contribution in [3.8, 4) is 0 Å². The molecule has 2 aromatic carbocycles. The molecule has 0 spiro atoms. The van der Waals surface area contributed by atoms with Gasteiger partial charge < -0.3 is 29.7 Å². The second kappa shape index (κ2) is 22.0. The Morgan fingerprint density at radius 2 is 1.50 bits per heavy atom. The van der Waals surface area contributed by atoms with Crippen LogP contribution in [0, 0.1) is 29.6 Å². The first kappa shape index (κ1) is 46.3. The van der Waals surface area contributed by atoms with E-state index < -0.39 is 54.0 Å². The van der Waals surface area contributed by atoms with Gasteiger partial charge in [0.15, 0.2) is 5.78 Å². The van der Waals surface area contributed by atoms with Gasteiger partial charge in [0.05, 0.1) is 36.6 Å². The van der Waals surface area contributed by atoms with Crippen molar-refractivity contribution >= 4 is 29.5 Å². The number of hydrogen-bond donors (Lipinski definition) is 2. The van der Waals surface area contributed by atoms with Crippen LogP contribution >= 0.6 is 0 Å². The molecule has 0 aromatic heterocycles. The maximum absolute atomic E-state index is 14.3. The summed E-state index contributed by atoms with van der Waals surface area (Å²) >= 11 is 0. The number of carboxylic acid groups (broad SMARTS) is 1. The second-order valence-corrected chi connectivity index (χ2v) is 16.5. The number of amides is 3. The minimum Gasteiger partial charge on any atom is -0.480 e. The topological polar surface area (TPSA) is 143 Å². The Kier molecular flexibility index (Phi) is 18.2. The number of rotatable bonds is 22. The molecule has 1 aliphatic heterocycles. The predicted octanol–water partition coefficient (Wildman–Crippen LogP) is 6.46. The van der Waals surface area contributed by atoms with E-state index in [2.05, 4.69) is 19.2 Å². The van der Waals surface area contributed by atoms with Crippen molar-refractivity contribution in [3.05, 3.63) is 71.3 Å². The highest BCUT2D eigenvalue weighted by Crippen LogP contribution is 2.31. The first-order valence-corrected chi connectivity index (χ1v) is 20.3. The van der Waals surface area contributed by atoms with Crippen LogP contribution in [-0.4, -0.2) is 103 Å². The molecule has 1 saturated heterocycles. The highest BCUT2D eigenvalue weighted by atomic mass is 16.5. The van der Waals surface area contributed by atoms with Gasteiger partial charge in [0.1, 0.15) is 6.04 Å². The largest absolute Gasteiger partial charge is 0.480 e. The summed E-state index contributed by atoms with van der Waals surface area (Å²) in [4.78, 5) is 71.1. The number of aliphatic carboxylic acids is 1. The lowest BCUT2D eigenvalue weighted by Gasteiger charge is -2.40. The predicted molar refractivity (Wildman–Crippen MR) is 218 cm³/mol. The van der Waals surface area contributed by atoms with Crippen LogP contribution in [0.15, 0.2) is 54.6 Å². The van der Waals surface area contributed by atoms with Crippen LogP contribution in [0.5, 0.6) is 0 Å². The molecule has 3 amide bonds. The lowest BCUT2D eigenvalue weighted by atomic mass is 9.85. The molecular formula is C45H67N3O8. The Bertz CT molecular complexity index is 1580. The molecule has 310 valence electrons. The Morgan fingerprint density at radius 1 is 0.875 bits per heavy atom. The molecule has 11 heteroatoms. The summed E-state index contributed by atoms with van der Waals surface area (Å²) in [6.07, 6.45) is 1.88. The fourth-order valence-corrected chi connectivity index (χ4v) is 8.14. The second-order valence-electron chi connectivity index (χ2n) is 16.5. The third-order valence-electron chi connectivity index (χ3n) is 11.6. The minimum atomic E-state index is -1.14. The van der Waals surface area contributed by atoms with Gasteiger partial charge in [-0.2, -0.15) is 0 Å². The van der Waals surface area contributed by atoms with E-state index in [9.17, 15) is 29.1 Å². The first-order valence-electron chi connectivity index (χ1n) is 20.3. The van der Waals surface area contributed by atoms with Crippen LogP contribution < -0.4 is 5.32 Å². The minimum absolute atomic E-state index is 0.00278. The zero-order chi connectivity index (χ0) is 41.7. The Morgan fingerprint density at radius 3 is 2.04 bits per heavy atom. The first-order chi connectivity index (χ1) is 26.5. The van der Waals surface area contributed by atoms with Crippen LogP contribution in [0.2, 0.25) is 0 Å². The van der Waals surface area contributed by atoms with Gasteiger partial charge in [0, 0.05) is 52.1 Å². The van der Waals surface area contributed by atoms with Crippen molar-refractivity contribution in [2.75, 3.05) is 27.8 Å². The van der Waals surface area contributed by atoms with Crippen LogP contribution in [0.25, 0.3) is 0 Å². The van der Waals surface area contributed by atoms with Crippen molar-refractivity contribution < 1.29 is 38.6 Å². The SMILES string of the molecule is CC[C@H](C)[C@@H]([C@@H](CC(=O)N1CCC[C@H]1[C@H](OC)[C@@H](C)C(=O)N[C@@H](Cc1ccccc1)C(=O)O)OC)N(C)C(=O)[C@@H](CC(=O)c1ccc(CC(C)C)cc1)C(C)C. The van der Waals surface area contributed by atoms with Crippen LogP contribution in [0.3, 0.4) is 0 Å². The number of nitrogens with one attached hydrogen (secondary N) is 1. The smallest absolute Gasteiger partial charge is 0.326 e. The van der Waals surface area contributed by atoms with Gasteiger partial charge in [-0.1, -0.05) is 109 Å². The summed E-state index contributed by atoms with van der Waals surface area (Å²) < 4.78 is 11.9. The fourth-order valence-electron chi connectivity index (χ4n) is 8.14. The van der Waals surface area contributed by atoms with Crippen LogP contribution in [0.4, 0.5) is 0 Å². The molecular weight excluding hydrogens is 711 g/mol. The average molecular weight is 778 g/mol. The van der Waals surface area contributed by atoms with E-state index in [-0.39, 0.29) is 48.7 Å². The number of carbonyl (C=O) groups excluding carboxylic acids is 4. The number of hydrogen-bond acceptors (Lipinski definition) is 7. The van der Waals surface area contributed by atoms with E-state index in [1.807, 2.05) is 82.3 Å². The van der Waals surface area contributed by atoms with E-state index in [0.717, 1.165) is 18.4 Å². The molecule has 0 radical (unpaired) electrons. The third-order valence-corrected chi connectivity index (χ3v) is 11.6. The molecule has 1 fully saturated rings. The number of ether oxygens (including phenoxy) is 2. The normalized spacial score (nSPS) is 18.1. The summed E-state index contributed by atoms with van der Waals surface area (Å²) in [5.74, 6) is -2.94. The zero-order valence-corrected chi connectivity index (χ0v) is 35.3. The lowest BCUT2D eigenvalue weighted by Crippen LogP contribution is -2.54. The Balaban J connectivity index is 1.76. The van der Waals surface area contributed by atoms with Gasteiger partial charge in [-0.3, -0.25) is 19.2 Å². The van der Waals surface area contributed by atoms with Crippen molar-refractivity contribution in [2.45, 2.75) is 124 Å². The maximum atomic E-state index is 14.3. The van der Waals surface area contributed by atoms with Crippen LogP contribution in [0.1, 0.15) is 102 Å². The quantitative estimate of drug-likeness (QED) is 0.130. The van der Waals surface area contributed by atoms with Crippen LogP contribution in [-0.2, 0) is 41.5 Å². The zero-order valence-electron chi connectivity index (χ0n) is 35.3. The van der Waals surface area contributed by atoms with Gasteiger partial charge in [-0.15, -0.1) is 0 Å². The van der Waals surface area contributed by atoms with Crippen molar-refractivity contribution in [3.63, 3.8) is 0 Å². The molecule has 2 aromatic rings. The summed E-state index contributed by atoms with van der Waals surface area (Å²) in [6, 6.07) is 14.8. The van der Waals surface area contributed by atoms with Gasteiger partial charge in [0.2, 0.25) is 17.7 Å². The maximum Gasteiger partial charge on any atom is 0.326 e. The molecule has 56 heavy (non-hydrogen) atoms. The van der Waals surface area contributed by atoms with Gasteiger partial charge in [-0.05, 0) is 48.1 Å².